The predicted octanol–water partition coefficient (Wildman–Crippen LogP) is 4.00. The summed E-state index contributed by atoms with van der Waals surface area (Å²) in [5.41, 5.74) is 2.30. The van der Waals surface area contributed by atoms with Gasteiger partial charge in [0.05, 0.1) is 11.9 Å². The highest BCUT2D eigenvalue weighted by Gasteiger charge is 2.14. The van der Waals surface area contributed by atoms with Crippen molar-refractivity contribution in [2.45, 2.75) is 0 Å². The molecule has 3 rings (SSSR count). The van der Waals surface area contributed by atoms with E-state index in [4.69, 9.17) is 0 Å². The van der Waals surface area contributed by atoms with Gasteiger partial charge in [0.2, 0.25) is 11.9 Å². The van der Waals surface area contributed by atoms with Crippen molar-refractivity contribution in [3.63, 3.8) is 0 Å². The molecule has 8 nitrogen and oxygen atoms in total. The van der Waals surface area contributed by atoms with Crippen molar-refractivity contribution in [3.8, 4) is 5.75 Å². The van der Waals surface area contributed by atoms with Gasteiger partial charge in [0.1, 0.15) is 5.75 Å². The highest BCUT2D eigenvalue weighted by Crippen LogP contribution is 2.29. The van der Waals surface area contributed by atoms with Crippen molar-refractivity contribution in [2.75, 3.05) is 34.9 Å². The number of phenolic OH excluding ortho intramolecular Hbond substituents is 1. The quantitative estimate of drug-likeness (QED) is 0.266. The Hall–Kier alpha value is -4.14. The maximum absolute atomic E-state index is 14.5. The molecule has 0 fully saturated rings. The van der Waals surface area contributed by atoms with Gasteiger partial charge in [-0.25, -0.2) is 9.37 Å². The van der Waals surface area contributed by atoms with Gasteiger partial charge in [-0.3, -0.25) is 4.79 Å². The molecule has 0 saturated carbocycles. The van der Waals surface area contributed by atoms with Gasteiger partial charge in [0.25, 0.3) is 0 Å². The Bertz CT molecular complexity index is 1090. The molecule has 1 amide bonds. The van der Waals surface area contributed by atoms with E-state index in [1.54, 1.807) is 55.4 Å². The van der Waals surface area contributed by atoms with Crippen molar-refractivity contribution in [3.05, 3.63) is 67.1 Å². The van der Waals surface area contributed by atoms with Crippen LogP contribution in [0.4, 0.5) is 38.9 Å². The van der Waals surface area contributed by atoms with Crippen LogP contribution < -0.4 is 20.9 Å². The first kappa shape index (κ1) is 20.6. The summed E-state index contributed by atoms with van der Waals surface area (Å²) < 4.78 is 14.5. The number of carbonyl (C=O) groups is 1. The summed E-state index contributed by atoms with van der Waals surface area (Å²) in [6.07, 6.45) is 2.24. The molecular formula is C21H21FN6O2. The Morgan fingerprint density at radius 3 is 2.77 bits per heavy atom. The SMILES string of the molecule is C=CC(=O)Nc1cccc(N(C)c2nc(Nc3ccc(O)c(NC)c3)ncc2F)c1. The first-order valence-corrected chi connectivity index (χ1v) is 8.99. The van der Waals surface area contributed by atoms with Crippen LogP contribution in [0.2, 0.25) is 0 Å². The number of halogens is 1. The van der Waals surface area contributed by atoms with Crippen LogP contribution in [-0.2, 0) is 4.79 Å². The zero-order valence-corrected chi connectivity index (χ0v) is 16.5. The zero-order valence-electron chi connectivity index (χ0n) is 16.5. The summed E-state index contributed by atoms with van der Waals surface area (Å²) in [6.45, 7) is 3.42. The number of benzene rings is 2. The lowest BCUT2D eigenvalue weighted by molar-refractivity contribution is -0.111. The fourth-order valence-electron chi connectivity index (χ4n) is 2.70. The number of amides is 1. The lowest BCUT2D eigenvalue weighted by atomic mass is 10.2. The van der Waals surface area contributed by atoms with E-state index in [2.05, 4.69) is 32.5 Å². The van der Waals surface area contributed by atoms with Gasteiger partial charge in [-0.05, 0) is 42.5 Å². The highest BCUT2D eigenvalue weighted by molar-refractivity contribution is 5.99. The van der Waals surface area contributed by atoms with Crippen molar-refractivity contribution < 1.29 is 14.3 Å². The van der Waals surface area contributed by atoms with Gasteiger partial charge in [0.15, 0.2) is 11.6 Å². The molecule has 0 spiro atoms. The van der Waals surface area contributed by atoms with Gasteiger partial charge in [-0.1, -0.05) is 12.6 Å². The smallest absolute Gasteiger partial charge is 0.247 e. The monoisotopic (exact) mass is 408 g/mol. The van der Waals surface area contributed by atoms with E-state index in [1.807, 2.05) is 0 Å². The summed E-state index contributed by atoms with van der Waals surface area (Å²) >= 11 is 0. The summed E-state index contributed by atoms with van der Waals surface area (Å²) in [5.74, 6) is -0.615. The number of rotatable bonds is 7. The molecule has 0 bridgehead atoms. The molecule has 0 aliphatic rings. The van der Waals surface area contributed by atoms with E-state index in [-0.39, 0.29) is 23.4 Å². The molecule has 0 aliphatic carbocycles. The van der Waals surface area contributed by atoms with Crippen molar-refractivity contribution >= 4 is 40.4 Å². The number of aromatic hydroxyl groups is 1. The number of phenols is 1. The molecule has 3 aromatic rings. The molecule has 0 aliphatic heterocycles. The maximum Gasteiger partial charge on any atom is 0.247 e. The number of hydrogen-bond acceptors (Lipinski definition) is 7. The van der Waals surface area contributed by atoms with Crippen LogP contribution >= 0.6 is 0 Å². The minimum absolute atomic E-state index is 0.0484. The second kappa shape index (κ2) is 8.91. The number of nitrogens with one attached hydrogen (secondary N) is 3. The Balaban J connectivity index is 1.87. The first-order chi connectivity index (χ1) is 14.4. The predicted molar refractivity (Wildman–Crippen MR) is 116 cm³/mol. The Morgan fingerprint density at radius 2 is 2.03 bits per heavy atom. The third-order valence-electron chi connectivity index (χ3n) is 4.25. The van der Waals surface area contributed by atoms with E-state index in [0.717, 1.165) is 6.20 Å². The third-order valence-corrected chi connectivity index (χ3v) is 4.25. The minimum Gasteiger partial charge on any atom is -0.506 e. The Morgan fingerprint density at radius 1 is 1.23 bits per heavy atom. The van der Waals surface area contributed by atoms with Gasteiger partial charge >= 0.3 is 0 Å². The molecule has 154 valence electrons. The van der Waals surface area contributed by atoms with Crippen molar-refractivity contribution in [2.24, 2.45) is 0 Å². The number of hydrogen-bond donors (Lipinski definition) is 4. The minimum atomic E-state index is -0.606. The standard InChI is InChI=1S/C21H21FN6O2/c1-4-19(30)25-13-6-5-7-15(10-13)28(3)20-16(22)12-24-21(27-20)26-14-8-9-18(29)17(11-14)23-2/h4-12,23,29H,1H2,2-3H3,(H,25,30)(H,24,26,27). The van der Waals surface area contributed by atoms with Crippen LogP contribution in [0.3, 0.4) is 0 Å². The van der Waals surface area contributed by atoms with E-state index < -0.39 is 5.82 Å². The summed E-state index contributed by atoms with van der Waals surface area (Å²) in [5, 5.41) is 18.3. The third kappa shape index (κ3) is 4.64. The van der Waals surface area contributed by atoms with E-state index in [1.165, 1.54) is 12.1 Å². The van der Waals surface area contributed by atoms with Crippen molar-refractivity contribution in [1.82, 2.24) is 9.97 Å². The molecule has 0 unspecified atom stereocenters. The van der Waals surface area contributed by atoms with E-state index >= 15 is 0 Å². The summed E-state index contributed by atoms with van der Waals surface area (Å²) in [6, 6.07) is 11.8. The molecule has 4 N–H and O–H groups in total. The molecule has 1 aromatic heterocycles. The molecule has 1 heterocycles. The largest absolute Gasteiger partial charge is 0.506 e. The Labute approximate surface area is 173 Å². The van der Waals surface area contributed by atoms with E-state index in [9.17, 15) is 14.3 Å². The molecular weight excluding hydrogens is 387 g/mol. The van der Waals surface area contributed by atoms with Crippen LogP contribution in [0.5, 0.6) is 5.75 Å². The number of anilines is 6. The summed E-state index contributed by atoms with van der Waals surface area (Å²) in [4.78, 5) is 21.3. The molecule has 0 radical (unpaired) electrons. The fourth-order valence-corrected chi connectivity index (χ4v) is 2.70. The number of carbonyl (C=O) groups excluding carboxylic acids is 1. The number of aromatic nitrogens is 2. The lowest BCUT2D eigenvalue weighted by Gasteiger charge is -2.20. The molecule has 30 heavy (non-hydrogen) atoms. The topological polar surface area (TPSA) is 102 Å². The van der Waals surface area contributed by atoms with Crippen LogP contribution in [0.1, 0.15) is 0 Å². The normalized spacial score (nSPS) is 10.2. The zero-order chi connectivity index (χ0) is 21.7. The van der Waals surface area contributed by atoms with Crippen LogP contribution in [0, 0.1) is 5.82 Å². The summed E-state index contributed by atoms with van der Waals surface area (Å²) in [7, 11) is 3.34. The molecule has 0 saturated heterocycles. The van der Waals surface area contributed by atoms with E-state index in [0.29, 0.717) is 22.7 Å². The lowest BCUT2D eigenvalue weighted by Crippen LogP contribution is -2.15. The first-order valence-electron chi connectivity index (χ1n) is 8.99. The average molecular weight is 408 g/mol. The molecule has 9 heteroatoms. The Kier molecular flexibility index (Phi) is 6.11. The van der Waals surface area contributed by atoms with Gasteiger partial charge in [-0.2, -0.15) is 4.98 Å². The molecule has 2 aromatic carbocycles. The fraction of sp³-hybridized carbons (Fsp3) is 0.0952. The average Bonchev–Trinajstić information content (AvgIpc) is 2.76. The van der Waals surface area contributed by atoms with Gasteiger partial charge in [0, 0.05) is 31.2 Å². The van der Waals surface area contributed by atoms with Gasteiger partial charge < -0.3 is 26.0 Å². The van der Waals surface area contributed by atoms with Gasteiger partial charge in [-0.15, -0.1) is 0 Å². The van der Waals surface area contributed by atoms with Crippen LogP contribution in [0.15, 0.2) is 61.3 Å². The van der Waals surface area contributed by atoms with Crippen LogP contribution in [-0.4, -0.2) is 35.1 Å². The number of nitrogens with zero attached hydrogens (tertiary/aromatic N) is 3. The van der Waals surface area contributed by atoms with Crippen LogP contribution in [0.25, 0.3) is 0 Å². The molecule has 0 atom stereocenters. The van der Waals surface area contributed by atoms with Crippen molar-refractivity contribution in [1.29, 1.82) is 0 Å². The maximum atomic E-state index is 14.5. The second-order valence-corrected chi connectivity index (χ2v) is 6.27. The second-order valence-electron chi connectivity index (χ2n) is 6.27. The highest BCUT2D eigenvalue weighted by atomic mass is 19.1.